The molecule has 1 aromatic rings. The monoisotopic (exact) mass is 335 g/mol. The van der Waals surface area contributed by atoms with E-state index >= 15 is 0 Å². The Labute approximate surface area is 131 Å². The second kappa shape index (κ2) is 6.34. The Morgan fingerprint density at radius 3 is 2.55 bits per heavy atom. The fourth-order valence-corrected chi connectivity index (χ4v) is 5.74. The van der Waals surface area contributed by atoms with Gasteiger partial charge in [0.05, 0.1) is 0 Å². The first kappa shape index (κ1) is 16.3. The molecule has 0 atom stereocenters. The summed E-state index contributed by atoms with van der Waals surface area (Å²) in [7, 11) is -3.31. The van der Waals surface area contributed by atoms with Gasteiger partial charge in [-0.25, -0.2) is 8.42 Å². The van der Waals surface area contributed by atoms with Crippen LogP contribution in [0.3, 0.4) is 0 Å². The number of nitrogens with zero attached hydrogens (tertiary/aromatic N) is 1. The molecule has 0 saturated carbocycles. The van der Waals surface area contributed by atoms with Crippen LogP contribution in [0.15, 0.2) is 16.3 Å². The second-order valence-electron chi connectivity index (χ2n) is 5.73. The quantitative estimate of drug-likeness (QED) is 0.769. The smallest absolute Gasteiger partial charge is 0.206 e. The third-order valence-corrected chi connectivity index (χ3v) is 8.06. The van der Waals surface area contributed by atoms with Crippen LogP contribution in [0, 0.1) is 5.41 Å². The minimum atomic E-state index is -3.31. The van der Waals surface area contributed by atoms with Gasteiger partial charge in [0.25, 0.3) is 10.0 Å². The van der Waals surface area contributed by atoms with E-state index in [1.165, 1.54) is 11.3 Å². The second-order valence-corrected chi connectivity index (χ2v) is 9.44. The number of thiophene rings is 1. The van der Waals surface area contributed by atoms with Crippen LogP contribution in [0.4, 0.5) is 0 Å². The van der Waals surface area contributed by atoms with Gasteiger partial charge in [0.2, 0.25) is 0 Å². The number of alkyl halides is 1. The lowest BCUT2D eigenvalue weighted by Gasteiger charge is -2.37. The summed E-state index contributed by atoms with van der Waals surface area (Å²) in [6.07, 6.45) is 3.74. The molecule has 0 aromatic carbocycles. The first-order valence-electron chi connectivity index (χ1n) is 7.06. The first-order valence-corrected chi connectivity index (χ1v) is 9.85. The summed E-state index contributed by atoms with van der Waals surface area (Å²) >= 11 is 7.05. The molecule has 1 fully saturated rings. The molecular weight excluding hydrogens is 314 g/mol. The third-order valence-electron chi connectivity index (χ3n) is 4.36. The molecule has 1 aliphatic rings. The normalized spacial score (nSPS) is 20.1. The Morgan fingerprint density at radius 1 is 1.35 bits per heavy atom. The number of halogens is 1. The van der Waals surface area contributed by atoms with E-state index in [4.69, 9.17) is 11.6 Å². The topological polar surface area (TPSA) is 37.4 Å². The Morgan fingerprint density at radius 2 is 2.00 bits per heavy atom. The van der Waals surface area contributed by atoms with Crippen LogP contribution in [0.25, 0.3) is 0 Å². The number of piperidine rings is 1. The van der Waals surface area contributed by atoms with Gasteiger partial charge in [0.15, 0.2) is 0 Å². The minimum Gasteiger partial charge on any atom is -0.206 e. The highest BCUT2D eigenvalue weighted by molar-refractivity contribution is 7.91. The van der Waals surface area contributed by atoms with Gasteiger partial charge in [-0.05, 0) is 36.8 Å². The maximum atomic E-state index is 12.6. The molecule has 0 N–H and O–H groups in total. The molecule has 20 heavy (non-hydrogen) atoms. The number of aryl methyl sites for hydroxylation is 1. The van der Waals surface area contributed by atoms with Crippen LogP contribution < -0.4 is 0 Å². The van der Waals surface area contributed by atoms with Gasteiger partial charge >= 0.3 is 0 Å². The molecule has 0 amide bonds. The fourth-order valence-electron chi connectivity index (χ4n) is 2.47. The van der Waals surface area contributed by atoms with Crippen molar-refractivity contribution in [3.8, 4) is 0 Å². The number of hydrogen-bond acceptors (Lipinski definition) is 3. The number of hydrogen-bond donors (Lipinski definition) is 0. The molecule has 1 aromatic heterocycles. The number of sulfonamides is 1. The minimum absolute atomic E-state index is 0.297. The van der Waals surface area contributed by atoms with Crippen molar-refractivity contribution < 1.29 is 8.42 Å². The average Bonchev–Trinajstić information content (AvgIpc) is 2.89. The van der Waals surface area contributed by atoms with Gasteiger partial charge in [-0.15, -0.1) is 22.9 Å². The molecule has 6 heteroatoms. The highest BCUT2D eigenvalue weighted by Gasteiger charge is 2.34. The van der Waals surface area contributed by atoms with E-state index in [0.29, 0.717) is 28.6 Å². The van der Waals surface area contributed by atoms with Crippen molar-refractivity contribution in [3.63, 3.8) is 0 Å². The first-order chi connectivity index (χ1) is 9.41. The Hall–Kier alpha value is -0.100. The molecular formula is C14H22ClNO2S2. The SMILES string of the molecule is CCC1(C)CCN(S(=O)(=O)c2ccc(CCCl)s2)CC1. The lowest BCUT2D eigenvalue weighted by atomic mass is 9.79. The molecule has 1 saturated heterocycles. The third kappa shape index (κ3) is 3.38. The predicted octanol–water partition coefficient (Wildman–Crippen LogP) is 3.73. The zero-order valence-electron chi connectivity index (χ0n) is 12.1. The molecule has 0 spiro atoms. The standard InChI is InChI=1S/C14H22ClNO2S2/c1-3-14(2)7-10-16(11-8-14)20(17,18)13-5-4-12(19-13)6-9-15/h4-5H,3,6-11H2,1-2H3. The predicted molar refractivity (Wildman–Crippen MR) is 85.1 cm³/mol. The lowest BCUT2D eigenvalue weighted by Crippen LogP contribution is -2.41. The molecule has 3 nitrogen and oxygen atoms in total. The van der Waals surface area contributed by atoms with Crippen LogP contribution in [0.2, 0.25) is 0 Å². The lowest BCUT2D eigenvalue weighted by molar-refractivity contribution is 0.169. The summed E-state index contributed by atoms with van der Waals surface area (Å²) in [5.74, 6) is 0.526. The zero-order valence-corrected chi connectivity index (χ0v) is 14.5. The maximum Gasteiger partial charge on any atom is 0.252 e. The maximum absolute atomic E-state index is 12.6. The summed E-state index contributed by atoms with van der Waals surface area (Å²) in [5, 5.41) is 0. The van der Waals surface area contributed by atoms with Gasteiger partial charge < -0.3 is 0 Å². The van der Waals surface area contributed by atoms with Crippen molar-refractivity contribution in [2.75, 3.05) is 19.0 Å². The van der Waals surface area contributed by atoms with E-state index in [0.717, 1.165) is 30.6 Å². The summed E-state index contributed by atoms with van der Waals surface area (Å²) in [4.78, 5) is 1.04. The van der Waals surface area contributed by atoms with Crippen LogP contribution in [0.1, 0.15) is 38.0 Å². The molecule has 0 aliphatic carbocycles. The van der Waals surface area contributed by atoms with Gasteiger partial charge in [0.1, 0.15) is 4.21 Å². The van der Waals surface area contributed by atoms with E-state index in [1.54, 1.807) is 10.4 Å². The molecule has 2 heterocycles. The van der Waals surface area contributed by atoms with Crippen molar-refractivity contribution in [1.29, 1.82) is 0 Å². The van der Waals surface area contributed by atoms with Crippen LogP contribution in [0.5, 0.6) is 0 Å². The average molecular weight is 336 g/mol. The molecule has 114 valence electrons. The Bertz CT molecular complexity index is 545. The van der Waals surface area contributed by atoms with E-state index < -0.39 is 10.0 Å². The Kier molecular flexibility index (Phi) is 5.16. The number of rotatable bonds is 5. The van der Waals surface area contributed by atoms with Gasteiger partial charge in [-0.2, -0.15) is 4.31 Å². The van der Waals surface area contributed by atoms with Crippen LogP contribution >= 0.6 is 22.9 Å². The van der Waals surface area contributed by atoms with Gasteiger partial charge in [-0.3, -0.25) is 0 Å². The van der Waals surface area contributed by atoms with Gasteiger partial charge in [-0.1, -0.05) is 20.3 Å². The van der Waals surface area contributed by atoms with E-state index in [2.05, 4.69) is 13.8 Å². The van der Waals surface area contributed by atoms with E-state index in [1.807, 2.05) is 6.07 Å². The molecule has 0 bridgehead atoms. The fraction of sp³-hybridized carbons (Fsp3) is 0.714. The highest BCUT2D eigenvalue weighted by atomic mass is 35.5. The Balaban J connectivity index is 2.11. The van der Waals surface area contributed by atoms with Crippen molar-refractivity contribution in [3.05, 3.63) is 17.0 Å². The molecule has 2 rings (SSSR count). The van der Waals surface area contributed by atoms with E-state index in [9.17, 15) is 8.42 Å². The van der Waals surface area contributed by atoms with Gasteiger partial charge in [0, 0.05) is 23.8 Å². The summed E-state index contributed by atoms with van der Waals surface area (Å²) in [6, 6.07) is 3.59. The summed E-state index contributed by atoms with van der Waals surface area (Å²) < 4.78 is 27.3. The van der Waals surface area contributed by atoms with E-state index in [-0.39, 0.29) is 0 Å². The highest BCUT2D eigenvalue weighted by Crippen LogP contribution is 2.36. The van der Waals surface area contributed by atoms with Crippen molar-refractivity contribution in [1.82, 2.24) is 4.31 Å². The summed E-state index contributed by atoms with van der Waals surface area (Å²) in [5.41, 5.74) is 0.297. The van der Waals surface area contributed by atoms with Crippen LogP contribution in [-0.4, -0.2) is 31.7 Å². The molecule has 0 unspecified atom stereocenters. The molecule has 0 radical (unpaired) electrons. The summed E-state index contributed by atoms with van der Waals surface area (Å²) in [6.45, 7) is 5.70. The molecule has 1 aliphatic heterocycles. The van der Waals surface area contributed by atoms with Crippen molar-refractivity contribution in [2.45, 2.75) is 43.7 Å². The van der Waals surface area contributed by atoms with Crippen molar-refractivity contribution >= 4 is 33.0 Å². The zero-order chi connectivity index (χ0) is 14.8. The largest absolute Gasteiger partial charge is 0.252 e. The van der Waals surface area contributed by atoms with Crippen molar-refractivity contribution in [2.24, 2.45) is 5.41 Å². The van der Waals surface area contributed by atoms with Crippen LogP contribution in [-0.2, 0) is 16.4 Å².